The Morgan fingerprint density at radius 3 is 2.61 bits per heavy atom. The van der Waals surface area contributed by atoms with Gasteiger partial charge in [-0.3, -0.25) is 9.69 Å². The molecule has 148 valence electrons. The number of fused-ring (bicyclic) bond motifs is 1. The molecule has 0 radical (unpaired) electrons. The van der Waals surface area contributed by atoms with E-state index in [1.165, 1.54) is 21.2 Å². The van der Waals surface area contributed by atoms with Crippen molar-refractivity contribution in [3.05, 3.63) is 53.0 Å². The van der Waals surface area contributed by atoms with Crippen molar-refractivity contribution in [2.24, 2.45) is 0 Å². The van der Waals surface area contributed by atoms with Gasteiger partial charge in [0.2, 0.25) is 0 Å². The fourth-order valence-corrected chi connectivity index (χ4v) is 6.26. The highest BCUT2D eigenvalue weighted by atomic mass is 32.2. The number of aromatic amines is 1. The van der Waals surface area contributed by atoms with Crippen LogP contribution in [0.4, 0.5) is 0 Å². The van der Waals surface area contributed by atoms with Crippen molar-refractivity contribution in [2.45, 2.75) is 17.6 Å². The molecular formula is C20H23N3O3S2. The number of piperazine rings is 1. The van der Waals surface area contributed by atoms with E-state index in [1.807, 2.05) is 17.0 Å². The summed E-state index contributed by atoms with van der Waals surface area (Å²) in [5.74, 6) is 0.0640. The fourth-order valence-electron chi connectivity index (χ4n) is 3.70. The van der Waals surface area contributed by atoms with Crippen molar-refractivity contribution in [1.29, 1.82) is 0 Å². The van der Waals surface area contributed by atoms with E-state index < -0.39 is 10.0 Å². The van der Waals surface area contributed by atoms with Gasteiger partial charge in [0, 0.05) is 48.8 Å². The second-order valence-corrected chi connectivity index (χ2v) is 10.0. The molecule has 28 heavy (non-hydrogen) atoms. The van der Waals surface area contributed by atoms with Gasteiger partial charge < -0.3 is 4.98 Å². The molecule has 0 aliphatic carbocycles. The first-order valence-electron chi connectivity index (χ1n) is 9.39. The van der Waals surface area contributed by atoms with Crippen LogP contribution in [0.2, 0.25) is 0 Å². The van der Waals surface area contributed by atoms with Gasteiger partial charge in [0.25, 0.3) is 10.0 Å². The Kier molecular flexibility index (Phi) is 5.37. The lowest BCUT2D eigenvalue weighted by Gasteiger charge is -2.33. The molecule has 0 atom stereocenters. The van der Waals surface area contributed by atoms with Crippen LogP contribution < -0.4 is 0 Å². The number of hydrogen-bond donors (Lipinski definition) is 1. The Bertz CT molecular complexity index is 1080. The maximum atomic E-state index is 12.9. The highest BCUT2D eigenvalue weighted by Crippen LogP contribution is 2.24. The van der Waals surface area contributed by atoms with E-state index in [2.05, 4.69) is 18.0 Å². The lowest BCUT2D eigenvalue weighted by atomic mass is 10.0. The molecule has 3 heterocycles. The van der Waals surface area contributed by atoms with Gasteiger partial charge in [-0.05, 0) is 23.4 Å². The molecule has 0 bridgehead atoms. The zero-order chi connectivity index (χ0) is 19.7. The van der Waals surface area contributed by atoms with Crippen LogP contribution in [0.15, 0.2) is 46.1 Å². The number of rotatable bonds is 6. The largest absolute Gasteiger partial charge is 0.360 e. The molecule has 0 saturated carbocycles. The zero-order valence-corrected chi connectivity index (χ0v) is 17.4. The Balaban J connectivity index is 1.42. The number of aromatic nitrogens is 1. The van der Waals surface area contributed by atoms with Gasteiger partial charge >= 0.3 is 0 Å². The highest BCUT2D eigenvalue weighted by molar-refractivity contribution is 7.91. The molecule has 0 unspecified atom stereocenters. The smallest absolute Gasteiger partial charge is 0.252 e. The monoisotopic (exact) mass is 417 g/mol. The minimum Gasteiger partial charge on any atom is -0.360 e. The summed E-state index contributed by atoms with van der Waals surface area (Å²) in [7, 11) is -3.42. The number of nitrogens with zero attached hydrogens (tertiary/aromatic N) is 2. The first-order chi connectivity index (χ1) is 13.5. The van der Waals surface area contributed by atoms with Crippen LogP contribution in [0, 0.1) is 0 Å². The maximum Gasteiger partial charge on any atom is 0.252 e. The van der Waals surface area contributed by atoms with Gasteiger partial charge in [0.1, 0.15) is 4.21 Å². The van der Waals surface area contributed by atoms with Crippen LogP contribution in [-0.4, -0.2) is 61.1 Å². The highest BCUT2D eigenvalue weighted by Gasteiger charge is 2.30. The van der Waals surface area contributed by atoms with Gasteiger partial charge in [-0.1, -0.05) is 31.2 Å². The first-order valence-corrected chi connectivity index (χ1v) is 11.7. The average molecular weight is 418 g/mol. The summed E-state index contributed by atoms with van der Waals surface area (Å²) in [6, 6.07) is 9.42. The number of carbonyl (C=O) groups excluding carboxylic acids is 1. The Morgan fingerprint density at radius 2 is 1.93 bits per heavy atom. The zero-order valence-electron chi connectivity index (χ0n) is 15.7. The van der Waals surface area contributed by atoms with Crippen LogP contribution in [0.1, 0.15) is 22.8 Å². The van der Waals surface area contributed by atoms with Gasteiger partial charge in [0.05, 0.1) is 6.54 Å². The van der Waals surface area contributed by atoms with E-state index in [1.54, 1.807) is 23.7 Å². The van der Waals surface area contributed by atoms with Crippen molar-refractivity contribution in [3.63, 3.8) is 0 Å². The quantitative estimate of drug-likeness (QED) is 0.626. The minimum atomic E-state index is -3.42. The summed E-state index contributed by atoms with van der Waals surface area (Å²) in [6.07, 6.45) is 2.70. The van der Waals surface area contributed by atoms with Gasteiger partial charge in [-0.25, -0.2) is 8.42 Å². The summed E-state index contributed by atoms with van der Waals surface area (Å²) in [6.45, 7) is 4.32. The number of aryl methyl sites for hydroxylation is 1. The van der Waals surface area contributed by atoms with Crippen LogP contribution in [0.3, 0.4) is 0 Å². The topological polar surface area (TPSA) is 73.5 Å². The number of benzene rings is 1. The molecule has 1 fully saturated rings. The van der Waals surface area contributed by atoms with E-state index in [0.29, 0.717) is 42.5 Å². The van der Waals surface area contributed by atoms with E-state index in [9.17, 15) is 13.2 Å². The Morgan fingerprint density at radius 1 is 1.14 bits per heavy atom. The second kappa shape index (κ2) is 7.79. The summed E-state index contributed by atoms with van der Waals surface area (Å²) in [5, 5.41) is 2.73. The molecule has 0 spiro atoms. The second-order valence-electron chi connectivity index (χ2n) is 6.93. The Hall–Kier alpha value is -2.00. The molecule has 6 nitrogen and oxygen atoms in total. The third-order valence-corrected chi connectivity index (χ3v) is 8.54. The van der Waals surface area contributed by atoms with E-state index in [4.69, 9.17) is 0 Å². The molecule has 1 aromatic carbocycles. The molecule has 1 N–H and O–H groups in total. The predicted molar refractivity (Wildman–Crippen MR) is 112 cm³/mol. The van der Waals surface area contributed by atoms with Crippen molar-refractivity contribution in [1.82, 2.24) is 14.2 Å². The maximum absolute atomic E-state index is 12.9. The molecule has 1 aliphatic heterocycles. The Labute approximate surface area is 168 Å². The fraction of sp³-hybridized carbons (Fsp3) is 0.350. The molecule has 1 saturated heterocycles. The number of hydrogen-bond acceptors (Lipinski definition) is 5. The van der Waals surface area contributed by atoms with Crippen molar-refractivity contribution < 1.29 is 13.2 Å². The van der Waals surface area contributed by atoms with E-state index in [0.717, 1.165) is 17.3 Å². The normalized spacial score (nSPS) is 16.6. The van der Waals surface area contributed by atoms with Gasteiger partial charge in [0.15, 0.2) is 5.78 Å². The number of para-hydroxylation sites is 1. The predicted octanol–water partition coefficient (Wildman–Crippen LogP) is 2.98. The lowest BCUT2D eigenvalue weighted by Crippen LogP contribution is -2.49. The van der Waals surface area contributed by atoms with E-state index >= 15 is 0 Å². The number of thiophene rings is 1. The molecular weight excluding hydrogens is 394 g/mol. The van der Waals surface area contributed by atoms with Crippen LogP contribution >= 0.6 is 11.3 Å². The summed E-state index contributed by atoms with van der Waals surface area (Å²) >= 11 is 1.24. The van der Waals surface area contributed by atoms with Crippen LogP contribution in [0.25, 0.3) is 10.9 Å². The standard InChI is InChI=1S/C20H23N3O3S2/c1-2-15-5-3-6-16-17(13-21-20(15)16)18(24)14-22-8-10-23(11-9-22)28(25,26)19-7-4-12-27-19/h3-7,12-13,21H,2,8-11,14H2,1H3. The van der Waals surface area contributed by atoms with Crippen LogP contribution in [-0.2, 0) is 16.4 Å². The number of carbonyl (C=O) groups is 1. The molecule has 4 rings (SSSR count). The number of H-pyrrole nitrogens is 1. The van der Waals surface area contributed by atoms with Gasteiger partial charge in [-0.2, -0.15) is 4.31 Å². The third kappa shape index (κ3) is 3.53. The molecule has 8 heteroatoms. The molecule has 1 aliphatic rings. The lowest BCUT2D eigenvalue weighted by molar-refractivity contribution is 0.0903. The van der Waals surface area contributed by atoms with Crippen molar-refractivity contribution in [3.8, 4) is 0 Å². The van der Waals surface area contributed by atoms with E-state index in [-0.39, 0.29) is 5.78 Å². The number of nitrogens with one attached hydrogen (secondary N) is 1. The van der Waals surface area contributed by atoms with Crippen LogP contribution in [0.5, 0.6) is 0 Å². The first kappa shape index (κ1) is 19.3. The average Bonchev–Trinajstić information content (AvgIpc) is 3.38. The summed E-state index contributed by atoms with van der Waals surface area (Å²) in [4.78, 5) is 18.1. The minimum absolute atomic E-state index is 0.0640. The summed E-state index contributed by atoms with van der Waals surface area (Å²) < 4.78 is 27.1. The SMILES string of the molecule is CCc1cccc2c(C(=O)CN3CCN(S(=O)(=O)c4cccs4)CC3)c[nH]c12. The summed E-state index contributed by atoms with van der Waals surface area (Å²) in [5.41, 5.74) is 2.93. The third-order valence-electron chi connectivity index (χ3n) is 5.27. The molecule has 2 aromatic heterocycles. The number of Topliss-reactive ketones (excluding diaryl/α,β-unsaturated/α-hetero) is 1. The van der Waals surface area contributed by atoms with Crippen molar-refractivity contribution >= 4 is 38.0 Å². The number of ketones is 1. The van der Waals surface area contributed by atoms with Gasteiger partial charge in [-0.15, -0.1) is 11.3 Å². The number of sulfonamides is 1. The van der Waals surface area contributed by atoms with Crippen molar-refractivity contribution in [2.75, 3.05) is 32.7 Å². The molecule has 3 aromatic rings. The molecule has 0 amide bonds.